The summed E-state index contributed by atoms with van der Waals surface area (Å²) in [7, 11) is 0. The van der Waals surface area contributed by atoms with Crippen molar-refractivity contribution in [3.8, 4) is 0 Å². The molecule has 23 heavy (non-hydrogen) atoms. The average Bonchev–Trinajstić information content (AvgIpc) is 2.47. The Labute approximate surface area is 134 Å². The first-order valence-corrected chi connectivity index (χ1v) is 7.80. The lowest BCUT2D eigenvalue weighted by atomic mass is 9.86. The molecule has 0 atom stereocenters. The van der Waals surface area contributed by atoms with Gasteiger partial charge >= 0.3 is 0 Å². The number of carbonyl (C=O) groups is 1. The van der Waals surface area contributed by atoms with Gasteiger partial charge in [-0.25, -0.2) is 8.78 Å². The quantitative estimate of drug-likeness (QED) is 0.782. The van der Waals surface area contributed by atoms with Gasteiger partial charge in [0, 0.05) is 37.2 Å². The summed E-state index contributed by atoms with van der Waals surface area (Å²) in [6.45, 7) is 4.06. The van der Waals surface area contributed by atoms with Gasteiger partial charge in [0.1, 0.15) is 11.6 Å². The first-order valence-electron chi connectivity index (χ1n) is 7.80. The van der Waals surface area contributed by atoms with Crippen molar-refractivity contribution in [2.24, 2.45) is 0 Å². The van der Waals surface area contributed by atoms with Gasteiger partial charge in [0.05, 0.1) is 0 Å². The van der Waals surface area contributed by atoms with Gasteiger partial charge in [0.15, 0.2) is 5.78 Å². The highest BCUT2D eigenvalue weighted by Crippen LogP contribution is 2.29. The van der Waals surface area contributed by atoms with Crippen molar-refractivity contribution in [2.45, 2.75) is 19.3 Å². The van der Waals surface area contributed by atoms with Gasteiger partial charge in [-0.15, -0.1) is 0 Å². The Hall–Kier alpha value is -2.07. The van der Waals surface area contributed by atoms with Crippen molar-refractivity contribution < 1.29 is 13.6 Å². The third kappa shape index (κ3) is 3.48. The molecule has 1 saturated heterocycles. The summed E-state index contributed by atoms with van der Waals surface area (Å²) in [6.07, 6.45) is 0.563. The van der Waals surface area contributed by atoms with Crippen LogP contribution in [-0.4, -0.2) is 30.3 Å². The van der Waals surface area contributed by atoms with E-state index in [9.17, 15) is 13.6 Å². The van der Waals surface area contributed by atoms with Crippen LogP contribution in [-0.2, 0) is 6.42 Å². The van der Waals surface area contributed by atoms with Crippen molar-refractivity contribution in [2.75, 3.05) is 19.6 Å². The fraction of sp³-hybridized carbons (Fsp3) is 0.316. The average molecular weight is 315 g/mol. The summed E-state index contributed by atoms with van der Waals surface area (Å²) in [6, 6.07) is 11.4. The maximum absolute atomic E-state index is 13.6. The second-order valence-corrected chi connectivity index (χ2v) is 6.09. The Morgan fingerprint density at radius 3 is 2.61 bits per heavy atom. The molecule has 0 aromatic heterocycles. The molecular formula is C19H19F2NO. The van der Waals surface area contributed by atoms with E-state index in [4.69, 9.17) is 0 Å². The summed E-state index contributed by atoms with van der Waals surface area (Å²) in [5, 5.41) is 0. The molecule has 0 bridgehead atoms. The van der Waals surface area contributed by atoms with Crippen LogP contribution in [0.1, 0.15) is 34.3 Å². The van der Waals surface area contributed by atoms with Crippen molar-refractivity contribution >= 4 is 5.78 Å². The smallest absolute Gasteiger partial charge is 0.160 e. The predicted octanol–water partition coefficient (Wildman–Crippen LogP) is 3.81. The number of benzene rings is 2. The molecule has 2 aromatic carbocycles. The number of Topliss-reactive ketones (excluding diaryl/α,β-unsaturated/α-hetero) is 1. The van der Waals surface area contributed by atoms with Crippen molar-refractivity contribution in [1.82, 2.24) is 4.90 Å². The molecule has 3 rings (SSSR count). The fourth-order valence-electron chi connectivity index (χ4n) is 3.13. The molecule has 0 N–H and O–H groups in total. The number of hydrogen-bond donors (Lipinski definition) is 0. The Bertz CT molecular complexity index is 723. The minimum atomic E-state index is -0.545. The van der Waals surface area contributed by atoms with E-state index in [1.165, 1.54) is 12.1 Å². The molecule has 0 spiro atoms. The van der Waals surface area contributed by atoms with Gasteiger partial charge in [-0.3, -0.25) is 4.79 Å². The van der Waals surface area contributed by atoms with Crippen LogP contribution in [0.25, 0.3) is 0 Å². The van der Waals surface area contributed by atoms with Gasteiger partial charge in [0.25, 0.3) is 0 Å². The molecule has 0 saturated carbocycles. The summed E-state index contributed by atoms with van der Waals surface area (Å²) >= 11 is 0. The highest BCUT2D eigenvalue weighted by molar-refractivity contribution is 5.95. The lowest BCUT2D eigenvalue weighted by Gasteiger charge is -2.40. The standard InChI is InChI=1S/C19H19F2NO/c1-13(23)17-4-2-3-5-18(17)15-11-22(12-15)9-8-14-6-7-16(20)10-19(14)21/h2-7,10,15H,8-9,11-12H2,1H3. The lowest BCUT2D eigenvalue weighted by molar-refractivity contribution is 0.101. The van der Waals surface area contributed by atoms with Gasteiger partial charge in [0.2, 0.25) is 0 Å². The van der Waals surface area contributed by atoms with Gasteiger partial charge in [-0.1, -0.05) is 30.3 Å². The maximum atomic E-state index is 13.6. The number of carbonyl (C=O) groups excluding carboxylic acids is 1. The first kappa shape index (κ1) is 15.8. The molecule has 1 aliphatic heterocycles. The Kier molecular flexibility index (Phi) is 4.53. The zero-order valence-corrected chi connectivity index (χ0v) is 13.1. The highest BCUT2D eigenvalue weighted by Gasteiger charge is 2.29. The van der Waals surface area contributed by atoms with Crippen LogP contribution in [0.3, 0.4) is 0 Å². The molecule has 0 radical (unpaired) electrons. The molecule has 0 aliphatic carbocycles. The Morgan fingerprint density at radius 2 is 1.91 bits per heavy atom. The van der Waals surface area contributed by atoms with E-state index >= 15 is 0 Å². The van der Waals surface area contributed by atoms with E-state index in [0.717, 1.165) is 36.8 Å². The second kappa shape index (κ2) is 6.59. The number of halogens is 2. The van der Waals surface area contributed by atoms with Crippen LogP contribution in [0.2, 0.25) is 0 Å². The second-order valence-electron chi connectivity index (χ2n) is 6.09. The minimum Gasteiger partial charge on any atom is -0.302 e. The van der Waals surface area contributed by atoms with Crippen molar-refractivity contribution in [3.05, 3.63) is 70.8 Å². The van der Waals surface area contributed by atoms with E-state index in [0.29, 0.717) is 17.9 Å². The van der Waals surface area contributed by atoms with Gasteiger partial charge in [-0.05, 0) is 30.5 Å². The largest absolute Gasteiger partial charge is 0.302 e. The molecule has 120 valence electrons. The number of nitrogens with zero attached hydrogens (tertiary/aromatic N) is 1. The zero-order chi connectivity index (χ0) is 16.4. The van der Waals surface area contributed by atoms with Gasteiger partial charge in [-0.2, -0.15) is 0 Å². The third-order valence-electron chi connectivity index (χ3n) is 4.45. The van der Waals surface area contributed by atoms with Gasteiger partial charge < -0.3 is 4.90 Å². The number of hydrogen-bond acceptors (Lipinski definition) is 2. The SMILES string of the molecule is CC(=O)c1ccccc1C1CN(CCc2ccc(F)cc2F)C1. The number of rotatable bonds is 5. The fourth-order valence-corrected chi connectivity index (χ4v) is 3.13. The van der Waals surface area contributed by atoms with Crippen LogP contribution >= 0.6 is 0 Å². The molecule has 0 amide bonds. The van der Waals surface area contributed by atoms with Crippen LogP contribution in [0.4, 0.5) is 8.78 Å². The van der Waals surface area contributed by atoms with Crippen molar-refractivity contribution in [3.63, 3.8) is 0 Å². The topological polar surface area (TPSA) is 20.3 Å². The van der Waals surface area contributed by atoms with Crippen LogP contribution < -0.4 is 0 Å². The lowest BCUT2D eigenvalue weighted by Crippen LogP contribution is -2.46. The van der Waals surface area contributed by atoms with Crippen LogP contribution in [0.5, 0.6) is 0 Å². The summed E-state index contributed by atoms with van der Waals surface area (Å²) in [4.78, 5) is 13.9. The Morgan fingerprint density at radius 1 is 1.17 bits per heavy atom. The first-order chi connectivity index (χ1) is 11.0. The number of likely N-dealkylation sites (tertiary alicyclic amines) is 1. The maximum Gasteiger partial charge on any atom is 0.160 e. The van der Waals surface area contributed by atoms with E-state index in [2.05, 4.69) is 4.90 Å². The van der Waals surface area contributed by atoms with Crippen LogP contribution in [0.15, 0.2) is 42.5 Å². The monoisotopic (exact) mass is 315 g/mol. The molecule has 2 nitrogen and oxygen atoms in total. The molecule has 4 heteroatoms. The summed E-state index contributed by atoms with van der Waals surface area (Å²) < 4.78 is 26.5. The Balaban J connectivity index is 1.57. The van der Waals surface area contributed by atoms with E-state index < -0.39 is 11.6 Å². The molecule has 1 fully saturated rings. The molecule has 0 unspecified atom stereocenters. The molecular weight excluding hydrogens is 296 g/mol. The molecule has 1 heterocycles. The van der Waals surface area contributed by atoms with E-state index in [1.807, 2.05) is 24.3 Å². The minimum absolute atomic E-state index is 0.0902. The van der Waals surface area contributed by atoms with E-state index in [-0.39, 0.29) is 5.78 Å². The van der Waals surface area contributed by atoms with E-state index in [1.54, 1.807) is 6.92 Å². The number of ketones is 1. The predicted molar refractivity (Wildman–Crippen MR) is 85.7 cm³/mol. The molecule has 1 aliphatic rings. The summed E-state index contributed by atoms with van der Waals surface area (Å²) in [5.74, 6) is -0.583. The summed E-state index contributed by atoms with van der Waals surface area (Å²) in [5.41, 5.74) is 2.44. The normalized spacial score (nSPS) is 15.4. The third-order valence-corrected chi connectivity index (χ3v) is 4.45. The van der Waals surface area contributed by atoms with Crippen molar-refractivity contribution in [1.29, 1.82) is 0 Å². The molecule has 2 aromatic rings. The van der Waals surface area contributed by atoms with Crippen LogP contribution in [0, 0.1) is 11.6 Å². The highest BCUT2D eigenvalue weighted by atomic mass is 19.1. The zero-order valence-electron chi connectivity index (χ0n) is 13.1.